The summed E-state index contributed by atoms with van der Waals surface area (Å²) in [7, 11) is -3.06. The van der Waals surface area contributed by atoms with Crippen molar-refractivity contribution in [2.45, 2.75) is 0 Å². The number of para-hydroxylation sites is 2. The number of fused-ring (bicyclic) bond motifs is 3. The third kappa shape index (κ3) is 3.91. The van der Waals surface area contributed by atoms with E-state index in [1.165, 1.54) is 21.8 Å². The molecule has 0 atom stereocenters. The molecule has 0 aliphatic rings. The van der Waals surface area contributed by atoms with E-state index in [0.29, 0.717) is 0 Å². The van der Waals surface area contributed by atoms with Crippen molar-refractivity contribution in [2.24, 2.45) is 0 Å². The zero-order valence-electron chi connectivity index (χ0n) is 21.2. The van der Waals surface area contributed by atoms with Crippen molar-refractivity contribution in [3.05, 3.63) is 152 Å². The quantitative estimate of drug-likeness (QED) is 0.221. The fraction of sp³-hybridized carbons (Fsp3) is 0. The zero-order valence-corrected chi connectivity index (χ0v) is 22.1. The van der Waals surface area contributed by atoms with E-state index in [2.05, 4.69) is 77.4 Å². The van der Waals surface area contributed by atoms with Crippen LogP contribution in [0.5, 0.6) is 0 Å². The van der Waals surface area contributed by atoms with Crippen LogP contribution in [0.25, 0.3) is 38.8 Å². The first-order valence-electron chi connectivity index (χ1n) is 13.0. The lowest BCUT2D eigenvalue weighted by atomic mass is 10.1. The second-order valence-electron chi connectivity index (χ2n) is 9.60. The number of hydrogen-bond donors (Lipinski definition) is 0. The summed E-state index contributed by atoms with van der Waals surface area (Å²) in [5.74, 6) is 0. The Balaban J connectivity index is 1.33. The van der Waals surface area contributed by atoms with E-state index < -0.39 is 7.14 Å². The van der Waals surface area contributed by atoms with Crippen molar-refractivity contribution in [1.29, 1.82) is 0 Å². The molecule has 39 heavy (non-hydrogen) atoms. The van der Waals surface area contributed by atoms with E-state index in [1.807, 2.05) is 72.8 Å². The van der Waals surface area contributed by atoms with Crippen LogP contribution in [0.15, 0.2) is 152 Å². The molecule has 2 heterocycles. The Morgan fingerprint density at radius 3 is 1.64 bits per heavy atom. The Labute approximate surface area is 227 Å². The van der Waals surface area contributed by atoms with E-state index in [0.717, 1.165) is 32.9 Å². The second-order valence-corrected chi connectivity index (χ2v) is 12.4. The van der Waals surface area contributed by atoms with Crippen molar-refractivity contribution in [3.8, 4) is 16.9 Å². The highest BCUT2D eigenvalue weighted by Gasteiger charge is 2.29. The highest BCUT2D eigenvalue weighted by Crippen LogP contribution is 2.42. The maximum Gasteiger partial charge on any atom is 0.172 e. The standard InChI is InChI=1S/C35H25N2OP/c38-39(28-14-3-1-4-15-28,29-16-5-2-6-17-29)30-22-23-33(36-25-30)26-12-11-13-27(24-26)37-34-20-9-7-18-31(34)32-19-8-10-21-35(32)37/h1-25H. The van der Waals surface area contributed by atoms with Gasteiger partial charge in [0.25, 0.3) is 0 Å². The number of nitrogens with zero attached hydrogens (tertiary/aromatic N) is 2. The Morgan fingerprint density at radius 2 is 1.08 bits per heavy atom. The maximum absolute atomic E-state index is 14.7. The molecular weight excluding hydrogens is 495 g/mol. The minimum absolute atomic E-state index is 0.724. The van der Waals surface area contributed by atoms with Crippen LogP contribution in [0.2, 0.25) is 0 Å². The minimum Gasteiger partial charge on any atom is -0.309 e. The summed E-state index contributed by atoms with van der Waals surface area (Å²) in [6, 6.07) is 48.9. The van der Waals surface area contributed by atoms with Gasteiger partial charge in [0.2, 0.25) is 0 Å². The molecule has 0 saturated carbocycles. The largest absolute Gasteiger partial charge is 0.309 e. The topological polar surface area (TPSA) is 34.9 Å². The van der Waals surface area contributed by atoms with Gasteiger partial charge in [0.15, 0.2) is 7.14 Å². The van der Waals surface area contributed by atoms with Crippen molar-refractivity contribution in [3.63, 3.8) is 0 Å². The van der Waals surface area contributed by atoms with Crippen LogP contribution >= 0.6 is 7.14 Å². The molecule has 0 aliphatic carbocycles. The van der Waals surface area contributed by atoms with Gasteiger partial charge >= 0.3 is 0 Å². The van der Waals surface area contributed by atoms with E-state index in [9.17, 15) is 4.57 Å². The average molecular weight is 521 g/mol. The number of aromatic nitrogens is 2. The maximum atomic E-state index is 14.7. The fourth-order valence-corrected chi connectivity index (χ4v) is 8.05. The summed E-state index contributed by atoms with van der Waals surface area (Å²) in [4.78, 5) is 4.83. The van der Waals surface area contributed by atoms with Gasteiger partial charge in [-0.15, -0.1) is 0 Å². The lowest BCUT2D eigenvalue weighted by Crippen LogP contribution is -2.25. The van der Waals surface area contributed by atoms with Gasteiger partial charge < -0.3 is 9.13 Å². The number of rotatable bonds is 5. The number of hydrogen-bond acceptors (Lipinski definition) is 2. The molecule has 0 radical (unpaired) electrons. The summed E-state index contributed by atoms with van der Waals surface area (Å²) >= 11 is 0. The summed E-state index contributed by atoms with van der Waals surface area (Å²) in [6.45, 7) is 0. The molecule has 5 aromatic carbocycles. The van der Waals surface area contributed by atoms with E-state index in [4.69, 9.17) is 4.98 Å². The Morgan fingerprint density at radius 1 is 0.513 bits per heavy atom. The molecule has 0 N–H and O–H groups in total. The smallest absolute Gasteiger partial charge is 0.172 e. The molecule has 0 spiro atoms. The predicted octanol–water partition coefficient (Wildman–Crippen LogP) is 7.49. The van der Waals surface area contributed by atoms with Crippen molar-refractivity contribution >= 4 is 44.9 Å². The number of benzene rings is 5. The van der Waals surface area contributed by atoms with E-state index in [-0.39, 0.29) is 0 Å². The van der Waals surface area contributed by atoms with E-state index in [1.54, 1.807) is 6.20 Å². The number of pyridine rings is 1. The Kier molecular flexibility index (Phi) is 5.73. The fourth-order valence-electron chi connectivity index (χ4n) is 5.47. The molecule has 7 rings (SSSR count). The van der Waals surface area contributed by atoms with Gasteiger partial charge in [0.05, 0.1) is 16.7 Å². The van der Waals surface area contributed by atoms with Crippen LogP contribution in [0.3, 0.4) is 0 Å². The van der Waals surface area contributed by atoms with Gasteiger partial charge in [0.1, 0.15) is 0 Å². The first kappa shape index (κ1) is 23.4. The highest BCUT2D eigenvalue weighted by molar-refractivity contribution is 7.85. The predicted molar refractivity (Wildman–Crippen MR) is 163 cm³/mol. The summed E-state index contributed by atoms with van der Waals surface area (Å²) in [5, 5.41) is 4.80. The summed E-state index contributed by atoms with van der Waals surface area (Å²) in [5.41, 5.74) is 5.27. The molecule has 4 heteroatoms. The molecule has 0 bridgehead atoms. The lowest BCUT2D eigenvalue weighted by molar-refractivity contribution is 0.592. The van der Waals surface area contributed by atoms with Crippen LogP contribution in [0.1, 0.15) is 0 Å². The lowest BCUT2D eigenvalue weighted by Gasteiger charge is -2.20. The molecular formula is C35H25N2OP. The average Bonchev–Trinajstić information content (AvgIpc) is 3.36. The van der Waals surface area contributed by atoms with Crippen LogP contribution in [0, 0.1) is 0 Å². The third-order valence-electron chi connectivity index (χ3n) is 7.33. The molecule has 0 aliphatic heterocycles. The SMILES string of the molecule is O=P(c1ccccc1)(c1ccccc1)c1ccc(-c2cccc(-n3c4ccccc4c4ccccc43)c2)nc1. The molecule has 186 valence electrons. The van der Waals surface area contributed by atoms with E-state index >= 15 is 0 Å². The Bertz CT molecular complexity index is 1880. The molecule has 2 aromatic heterocycles. The van der Waals surface area contributed by atoms with Crippen LogP contribution in [-0.4, -0.2) is 9.55 Å². The normalized spacial score (nSPS) is 11.7. The van der Waals surface area contributed by atoms with Crippen LogP contribution < -0.4 is 15.9 Å². The van der Waals surface area contributed by atoms with Gasteiger partial charge in [-0.1, -0.05) is 109 Å². The molecule has 0 amide bonds. The molecule has 0 saturated heterocycles. The first-order valence-corrected chi connectivity index (χ1v) is 14.7. The van der Waals surface area contributed by atoms with Gasteiger partial charge in [-0.3, -0.25) is 4.98 Å². The monoisotopic (exact) mass is 520 g/mol. The van der Waals surface area contributed by atoms with Crippen LogP contribution in [-0.2, 0) is 4.57 Å². The van der Waals surface area contributed by atoms with Crippen LogP contribution in [0.4, 0.5) is 0 Å². The minimum atomic E-state index is -3.06. The molecule has 7 aromatic rings. The van der Waals surface area contributed by atoms with Gasteiger partial charge in [-0.25, -0.2) is 0 Å². The molecule has 3 nitrogen and oxygen atoms in total. The summed E-state index contributed by atoms with van der Waals surface area (Å²) in [6.07, 6.45) is 1.78. The Hall–Kier alpha value is -4.72. The van der Waals surface area contributed by atoms with Crippen molar-refractivity contribution in [1.82, 2.24) is 9.55 Å². The van der Waals surface area contributed by atoms with Gasteiger partial charge in [0, 0.05) is 44.1 Å². The zero-order chi connectivity index (χ0) is 26.2. The highest BCUT2D eigenvalue weighted by atomic mass is 31.2. The van der Waals surface area contributed by atoms with Gasteiger partial charge in [-0.05, 0) is 36.4 Å². The van der Waals surface area contributed by atoms with Crippen molar-refractivity contribution < 1.29 is 4.57 Å². The molecule has 0 unspecified atom stereocenters. The second kappa shape index (κ2) is 9.54. The summed E-state index contributed by atoms with van der Waals surface area (Å²) < 4.78 is 17.0. The molecule has 0 fully saturated rings. The van der Waals surface area contributed by atoms with Crippen molar-refractivity contribution in [2.75, 3.05) is 0 Å². The van der Waals surface area contributed by atoms with Gasteiger partial charge in [-0.2, -0.15) is 0 Å². The third-order valence-corrected chi connectivity index (χ3v) is 10.4. The first-order chi connectivity index (χ1) is 19.2.